The maximum absolute atomic E-state index is 6.42. The van der Waals surface area contributed by atoms with E-state index in [1.165, 1.54) is 0 Å². The molecule has 2 aromatic rings. The van der Waals surface area contributed by atoms with Gasteiger partial charge in [0.1, 0.15) is 11.5 Å². The summed E-state index contributed by atoms with van der Waals surface area (Å²) in [5.41, 5.74) is 0.691. The van der Waals surface area contributed by atoms with Gasteiger partial charge in [0.25, 0.3) is 0 Å². The molecule has 0 aromatic heterocycles. The number of rotatable bonds is 3. The Bertz CT molecular complexity index is 805. The minimum absolute atomic E-state index is 0.146. The highest BCUT2D eigenvalue weighted by Crippen LogP contribution is 2.48. The fraction of sp³-hybridized carbons (Fsp3) is 0.381. The van der Waals surface area contributed by atoms with Gasteiger partial charge in [0.05, 0.1) is 11.1 Å². The molecule has 0 N–H and O–H groups in total. The third kappa shape index (κ3) is 3.00. The highest BCUT2D eigenvalue weighted by molar-refractivity contribution is 5.81. The smallest absolute Gasteiger partial charge is 0.247 e. The maximum Gasteiger partial charge on any atom is 0.247 e. The molecule has 6 nitrogen and oxygen atoms in total. The van der Waals surface area contributed by atoms with Crippen molar-refractivity contribution in [1.82, 2.24) is 9.96 Å². The first kappa shape index (κ1) is 17.7. The van der Waals surface area contributed by atoms with Crippen LogP contribution in [0.2, 0.25) is 0 Å². The van der Waals surface area contributed by atoms with Gasteiger partial charge in [0.2, 0.25) is 18.5 Å². The van der Waals surface area contributed by atoms with E-state index in [1.54, 1.807) is 5.06 Å². The van der Waals surface area contributed by atoms with Gasteiger partial charge in [-0.05, 0) is 30.7 Å². The van der Waals surface area contributed by atoms with Crippen molar-refractivity contribution in [2.24, 2.45) is 4.99 Å². The molecule has 0 aliphatic carbocycles. The largest absolute Gasteiger partial charge is 0.457 e. The third-order valence-corrected chi connectivity index (χ3v) is 4.93. The quantitative estimate of drug-likeness (QED) is 0.830. The third-order valence-electron chi connectivity index (χ3n) is 4.93. The second kappa shape index (κ2) is 7.12. The second-order valence-electron chi connectivity index (χ2n) is 6.82. The first-order valence-electron chi connectivity index (χ1n) is 9.34. The normalized spacial score (nSPS) is 17.1. The van der Waals surface area contributed by atoms with Crippen LogP contribution in [0.1, 0.15) is 30.9 Å². The molecule has 6 heteroatoms. The van der Waals surface area contributed by atoms with Crippen LogP contribution in [0.15, 0.2) is 53.5 Å². The summed E-state index contributed by atoms with van der Waals surface area (Å²) in [5, 5.41) is 1.74. The maximum atomic E-state index is 6.42. The molecule has 2 aliphatic rings. The van der Waals surface area contributed by atoms with E-state index < -0.39 is 5.72 Å². The summed E-state index contributed by atoms with van der Waals surface area (Å²) in [6.45, 7) is 3.24. The summed E-state index contributed by atoms with van der Waals surface area (Å²) < 4.78 is 11.7. The molecular weight excluding hydrogens is 342 g/mol. The van der Waals surface area contributed by atoms with Crippen molar-refractivity contribution in [2.45, 2.75) is 25.5 Å². The van der Waals surface area contributed by atoms with Crippen LogP contribution in [0.25, 0.3) is 0 Å². The van der Waals surface area contributed by atoms with Crippen molar-refractivity contribution in [3.8, 4) is 11.5 Å². The molecule has 27 heavy (non-hydrogen) atoms. The van der Waals surface area contributed by atoms with Crippen LogP contribution >= 0.6 is 0 Å². The number of hydroxylamine groups is 2. The van der Waals surface area contributed by atoms with Gasteiger partial charge in [-0.1, -0.05) is 37.6 Å². The topological polar surface area (TPSA) is 46.5 Å². The number of para-hydroxylation sites is 2. The number of ether oxygens (including phenoxy) is 2. The zero-order valence-electron chi connectivity index (χ0n) is 16.0. The predicted molar refractivity (Wildman–Crippen MR) is 104 cm³/mol. The van der Waals surface area contributed by atoms with E-state index in [1.807, 2.05) is 62.6 Å². The molecular formula is C21H25N3O3. The highest BCUT2D eigenvalue weighted by atomic mass is 16.7. The monoisotopic (exact) mass is 367 g/mol. The Morgan fingerprint density at radius 2 is 1.63 bits per heavy atom. The van der Waals surface area contributed by atoms with E-state index in [4.69, 9.17) is 19.3 Å². The Morgan fingerprint density at radius 3 is 2.22 bits per heavy atom. The van der Waals surface area contributed by atoms with Crippen LogP contribution in [0.5, 0.6) is 11.5 Å². The molecule has 0 atom stereocenters. The molecule has 0 fully saturated rings. The van der Waals surface area contributed by atoms with Crippen LogP contribution < -0.4 is 9.47 Å². The molecule has 0 unspecified atom stereocenters. The lowest BCUT2D eigenvalue weighted by atomic mass is 9.93. The van der Waals surface area contributed by atoms with Crippen molar-refractivity contribution in [3.05, 3.63) is 59.7 Å². The number of hydrogen-bond donors (Lipinski definition) is 0. The molecule has 2 aromatic carbocycles. The molecule has 0 bridgehead atoms. The molecule has 1 spiro atoms. The minimum atomic E-state index is -1.04. The number of nitrogens with zero attached hydrogens (tertiary/aromatic N) is 3. The Morgan fingerprint density at radius 1 is 1.04 bits per heavy atom. The van der Waals surface area contributed by atoms with Crippen LogP contribution in [-0.2, 0) is 10.6 Å². The first-order chi connectivity index (χ1) is 13.2. The van der Waals surface area contributed by atoms with Gasteiger partial charge in [-0.3, -0.25) is 0 Å². The van der Waals surface area contributed by atoms with Crippen molar-refractivity contribution < 1.29 is 14.3 Å². The summed E-state index contributed by atoms with van der Waals surface area (Å²) in [6.07, 6.45) is 2.22. The number of aliphatic imine (C=N–C) groups is 1. The molecule has 2 heterocycles. The van der Waals surface area contributed by atoms with E-state index in [9.17, 15) is 0 Å². The van der Waals surface area contributed by atoms with Gasteiger partial charge in [-0.25, -0.2) is 14.9 Å². The summed E-state index contributed by atoms with van der Waals surface area (Å²) in [7, 11) is 3.93. The molecule has 0 radical (unpaired) electrons. The van der Waals surface area contributed by atoms with E-state index in [0.29, 0.717) is 11.5 Å². The van der Waals surface area contributed by atoms with Gasteiger partial charge >= 0.3 is 0 Å². The van der Waals surface area contributed by atoms with Crippen LogP contribution in [0.3, 0.4) is 0 Å². The first-order valence-corrected chi connectivity index (χ1v) is 9.34. The van der Waals surface area contributed by atoms with Gasteiger partial charge in [0.15, 0.2) is 0 Å². The zero-order valence-corrected chi connectivity index (χ0v) is 16.0. The van der Waals surface area contributed by atoms with E-state index in [0.717, 1.165) is 36.5 Å². The van der Waals surface area contributed by atoms with Crippen LogP contribution in [0, 0.1) is 0 Å². The number of hydrogen-bond acceptors (Lipinski definition) is 6. The standard InChI is InChI=1S/C21H25N3O3/c1-4-5-14-23(2)20-22-21(27-24(20)3)16-10-6-8-12-18(16)25-15-26-19-13-9-7-11-17(19)21/h6-13H,4-5,14-15H2,1-3H3. The molecule has 142 valence electrons. The molecule has 0 saturated heterocycles. The van der Waals surface area contributed by atoms with E-state index in [-0.39, 0.29) is 6.79 Å². The number of fused-ring (bicyclic) bond motifs is 4. The summed E-state index contributed by atoms with van der Waals surface area (Å²) >= 11 is 0. The minimum Gasteiger partial charge on any atom is -0.457 e. The van der Waals surface area contributed by atoms with Crippen molar-refractivity contribution >= 4 is 5.96 Å². The van der Waals surface area contributed by atoms with E-state index >= 15 is 0 Å². The lowest BCUT2D eigenvalue weighted by Gasteiger charge is -2.31. The Balaban J connectivity index is 1.89. The number of benzene rings is 2. The average molecular weight is 367 g/mol. The van der Waals surface area contributed by atoms with Gasteiger partial charge < -0.3 is 14.4 Å². The molecule has 0 saturated carbocycles. The van der Waals surface area contributed by atoms with Crippen molar-refractivity contribution in [2.75, 3.05) is 27.4 Å². The zero-order chi connectivity index (χ0) is 18.9. The lowest BCUT2D eigenvalue weighted by molar-refractivity contribution is -0.157. The number of unbranched alkanes of at least 4 members (excludes halogenated alkanes) is 1. The summed E-state index contributed by atoms with van der Waals surface area (Å²) in [6, 6.07) is 15.7. The Kier molecular flexibility index (Phi) is 4.66. The van der Waals surface area contributed by atoms with Gasteiger partial charge in [-0.2, -0.15) is 0 Å². The number of guanidine groups is 1. The predicted octanol–water partition coefficient (Wildman–Crippen LogP) is 3.58. The lowest BCUT2D eigenvalue weighted by Crippen LogP contribution is -2.38. The fourth-order valence-corrected chi connectivity index (χ4v) is 3.56. The van der Waals surface area contributed by atoms with Crippen molar-refractivity contribution in [3.63, 3.8) is 0 Å². The molecule has 0 amide bonds. The van der Waals surface area contributed by atoms with Crippen LogP contribution in [0.4, 0.5) is 0 Å². The summed E-state index contributed by atoms with van der Waals surface area (Å²) in [5.74, 6) is 2.21. The Labute approximate surface area is 159 Å². The average Bonchev–Trinajstić information content (AvgIpc) is 3.04. The van der Waals surface area contributed by atoms with Crippen LogP contribution in [-0.4, -0.2) is 43.4 Å². The highest BCUT2D eigenvalue weighted by Gasteiger charge is 2.48. The Hall–Kier alpha value is -2.73. The van der Waals surface area contributed by atoms with E-state index in [2.05, 4.69) is 11.8 Å². The summed E-state index contributed by atoms with van der Waals surface area (Å²) in [4.78, 5) is 13.6. The second-order valence-corrected chi connectivity index (χ2v) is 6.82. The van der Waals surface area contributed by atoms with Crippen molar-refractivity contribution in [1.29, 1.82) is 0 Å². The molecule has 4 rings (SSSR count). The fourth-order valence-electron chi connectivity index (χ4n) is 3.56. The van der Waals surface area contributed by atoms with Gasteiger partial charge in [-0.15, -0.1) is 0 Å². The SMILES string of the molecule is CCCCN(C)C1=NC2(ON1C)c1ccccc1OCOc1ccccc12. The molecule has 2 aliphatic heterocycles. The van der Waals surface area contributed by atoms with Gasteiger partial charge in [0, 0.05) is 20.6 Å².